The average Bonchev–Trinajstić information content (AvgIpc) is 2.64. The first-order chi connectivity index (χ1) is 12.1. The highest BCUT2D eigenvalue weighted by Gasteiger charge is 2.24. The Bertz CT molecular complexity index is 832. The zero-order valence-corrected chi connectivity index (χ0v) is 13.8. The molecule has 0 fully saturated rings. The Morgan fingerprint density at radius 2 is 2.20 bits per heavy atom. The van der Waals surface area contributed by atoms with Gasteiger partial charge in [0, 0.05) is 23.9 Å². The van der Waals surface area contributed by atoms with Crippen molar-refractivity contribution < 1.29 is 19.1 Å². The number of carbonyl (C=O) groups excluding carboxylic acids is 2. The van der Waals surface area contributed by atoms with Crippen LogP contribution in [0.25, 0.3) is 0 Å². The van der Waals surface area contributed by atoms with Crippen LogP contribution in [0, 0.1) is 0 Å². The number of fused-ring (bicyclic) bond motifs is 1. The van der Waals surface area contributed by atoms with E-state index in [0.717, 1.165) is 0 Å². The lowest BCUT2D eigenvalue weighted by atomic mass is 10.1. The number of carbonyl (C=O) groups is 2. The predicted molar refractivity (Wildman–Crippen MR) is 95.4 cm³/mol. The van der Waals surface area contributed by atoms with Crippen molar-refractivity contribution in [2.24, 2.45) is 0 Å². The number of hydrogen-bond donors (Lipinski definition) is 1. The summed E-state index contributed by atoms with van der Waals surface area (Å²) in [5, 5.41) is 2.82. The van der Waals surface area contributed by atoms with Crippen LogP contribution in [0.1, 0.15) is 10.4 Å². The zero-order valence-electron chi connectivity index (χ0n) is 13.8. The number of nitrogens with zero attached hydrogens (tertiary/aromatic N) is 1. The second kappa shape index (κ2) is 7.09. The Hall–Kier alpha value is -3.28. The van der Waals surface area contributed by atoms with Gasteiger partial charge in [0.15, 0.2) is 6.61 Å². The molecule has 0 spiro atoms. The van der Waals surface area contributed by atoms with Gasteiger partial charge in [-0.2, -0.15) is 0 Å². The Morgan fingerprint density at radius 1 is 1.36 bits per heavy atom. The van der Waals surface area contributed by atoms with Crippen molar-refractivity contribution in [2.45, 2.75) is 0 Å². The van der Waals surface area contributed by atoms with Crippen molar-refractivity contribution in [1.29, 1.82) is 0 Å². The molecule has 2 amide bonds. The molecule has 1 heterocycles. The summed E-state index contributed by atoms with van der Waals surface area (Å²) >= 11 is 0. The van der Waals surface area contributed by atoms with E-state index in [1.807, 2.05) is 0 Å². The van der Waals surface area contributed by atoms with E-state index in [1.165, 1.54) is 0 Å². The quantitative estimate of drug-likeness (QED) is 0.851. The summed E-state index contributed by atoms with van der Waals surface area (Å²) in [7, 11) is 1.55. The van der Waals surface area contributed by atoms with Crippen LogP contribution in [-0.4, -0.2) is 32.1 Å². The fourth-order valence-electron chi connectivity index (χ4n) is 2.58. The van der Waals surface area contributed by atoms with Gasteiger partial charge in [0.05, 0.1) is 12.8 Å². The van der Waals surface area contributed by atoms with Crippen LogP contribution in [0.4, 0.5) is 11.4 Å². The molecule has 25 heavy (non-hydrogen) atoms. The van der Waals surface area contributed by atoms with Crippen LogP contribution >= 0.6 is 0 Å². The van der Waals surface area contributed by atoms with Crippen LogP contribution < -0.4 is 19.7 Å². The Balaban J connectivity index is 1.81. The van der Waals surface area contributed by atoms with Crippen LogP contribution in [0.3, 0.4) is 0 Å². The maximum atomic E-state index is 12.4. The van der Waals surface area contributed by atoms with E-state index < -0.39 is 0 Å². The average molecular weight is 338 g/mol. The lowest BCUT2D eigenvalue weighted by Crippen LogP contribution is -2.38. The highest BCUT2D eigenvalue weighted by molar-refractivity contribution is 6.05. The molecule has 6 heteroatoms. The van der Waals surface area contributed by atoms with Crippen LogP contribution in [-0.2, 0) is 4.79 Å². The van der Waals surface area contributed by atoms with Crippen molar-refractivity contribution in [3.63, 3.8) is 0 Å². The summed E-state index contributed by atoms with van der Waals surface area (Å²) in [5.41, 5.74) is 1.73. The Kier molecular flexibility index (Phi) is 4.70. The Labute approximate surface area is 145 Å². The molecule has 0 radical (unpaired) electrons. The van der Waals surface area contributed by atoms with Gasteiger partial charge in [0.1, 0.15) is 11.5 Å². The molecule has 0 aliphatic carbocycles. The van der Waals surface area contributed by atoms with E-state index in [0.29, 0.717) is 35.0 Å². The van der Waals surface area contributed by atoms with Gasteiger partial charge in [0.2, 0.25) is 0 Å². The molecule has 0 aromatic heterocycles. The van der Waals surface area contributed by atoms with Gasteiger partial charge in [0.25, 0.3) is 11.8 Å². The molecular formula is C19H18N2O4. The lowest BCUT2D eigenvalue weighted by Gasteiger charge is -2.28. The number of hydrogen-bond acceptors (Lipinski definition) is 4. The molecule has 128 valence electrons. The van der Waals surface area contributed by atoms with Crippen molar-refractivity contribution >= 4 is 23.2 Å². The monoisotopic (exact) mass is 338 g/mol. The molecule has 1 aliphatic heterocycles. The first kappa shape index (κ1) is 16.6. The molecule has 6 nitrogen and oxygen atoms in total. The van der Waals surface area contributed by atoms with E-state index in [4.69, 9.17) is 9.47 Å². The van der Waals surface area contributed by atoms with Crippen molar-refractivity contribution in [2.75, 3.05) is 30.5 Å². The minimum Gasteiger partial charge on any atom is -0.497 e. The third-order valence-electron chi connectivity index (χ3n) is 3.80. The highest BCUT2D eigenvalue weighted by Crippen LogP contribution is 2.34. The number of rotatable bonds is 5. The van der Waals surface area contributed by atoms with Crippen LogP contribution in [0.15, 0.2) is 55.1 Å². The summed E-state index contributed by atoms with van der Waals surface area (Å²) in [6.07, 6.45) is 1.66. The van der Waals surface area contributed by atoms with E-state index in [2.05, 4.69) is 11.9 Å². The number of nitrogens with one attached hydrogen (secondary N) is 1. The number of anilines is 2. The van der Waals surface area contributed by atoms with Crippen molar-refractivity contribution in [3.8, 4) is 11.5 Å². The number of ether oxygens (including phenoxy) is 2. The summed E-state index contributed by atoms with van der Waals surface area (Å²) in [5.74, 6) is 0.777. The maximum Gasteiger partial charge on any atom is 0.265 e. The van der Waals surface area contributed by atoms with Gasteiger partial charge < -0.3 is 19.7 Å². The largest absolute Gasteiger partial charge is 0.497 e. The summed E-state index contributed by atoms with van der Waals surface area (Å²) in [6, 6.07) is 12.1. The molecule has 1 aliphatic rings. The SMILES string of the molecule is C=CCN1C(=O)COc2cc(NC(=O)c3cccc(OC)c3)ccc21. The van der Waals surface area contributed by atoms with E-state index in [9.17, 15) is 9.59 Å². The van der Waals surface area contributed by atoms with Crippen LogP contribution in [0.2, 0.25) is 0 Å². The fourth-order valence-corrected chi connectivity index (χ4v) is 2.58. The minimum absolute atomic E-state index is 0.0336. The first-order valence-electron chi connectivity index (χ1n) is 7.76. The topological polar surface area (TPSA) is 67.9 Å². The third-order valence-corrected chi connectivity index (χ3v) is 3.80. The molecule has 2 aromatic rings. The molecule has 0 saturated carbocycles. The summed E-state index contributed by atoms with van der Waals surface area (Å²) in [6.45, 7) is 4.04. The molecule has 0 bridgehead atoms. The maximum absolute atomic E-state index is 12.4. The van der Waals surface area contributed by atoms with E-state index >= 15 is 0 Å². The molecule has 2 aromatic carbocycles. The molecule has 1 N–H and O–H groups in total. The second-order valence-electron chi connectivity index (χ2n) is 5.45. The van der Waals surface area contributed by atoms with Gasteiger partial charge in [-0.15, -0.1) is 6.58 Å². The highest BCUT2D eigenvalue weighted by atomic mass is 16.5. The molecule has 3 rings (SSSR count). The number of methoxy groups -OCH3 is 1. The third kappa shape index (κ3) is 3.47. The molecular weight excluding hydrogens is 320 g/mol. The van der Waals surface area contributed by atoms with Gasteiger partial charge in [-0.1, -0.05) is 12.1 Å². The number of benzene rings is 2. The number of amides is 2. The lowest BCUT2D eigenvalue weighted by molar-refractivity contribution is -0.121. The van der Waals surface area contributed by atoms with E-state index in [1.54, 1.807) is 60.6 Å². The van der Waals surface area contributed by atoms with Crippen LogP contribution in [0.5, 0.6) is 11.5 Å². The second-order valence-corrected chi connectivity index (χ2v) is 5.45. The van der Waals surface area contributed by atoms with Gasteiger partial charge in [-0.3, -0.25) is 9.59 Å². The van der Waals surface area contributed by atoms with Gasteiger partial charge in [-0.25, -0.2) is 0 Å². The fraction of sp³-hybridized carbons (Fsp3) is 0.158. The standard InChI is InChI=1S/C19H18N2O4/c1-3-9-21-16-8-7-14(11-17(16)25-12-18(21)22)20-19(23)13-5-4-6-15(10-13)24-2/h3-8,10-11H,1,9,12H2,2H3,(H,20,23). The van der Waals surface area contributed by atoms with Gasteiger partial charge >= 0.3 is 0 Å². The Morgan fingerprint density at radius 3 is 2.96 bits per heavy atom. The molecule has 0 atom stereocenters. The van der Waals surface area contributed by atoms with Crippen molar-refractivity contribution in [1.82, 2.24) is 0 Å². The molecule has 0 saturated heterocycles. The first-order valence-corrected chi connectivity index (χ1v) is 7.76. The normalized spacial score (nSPS) is 12.8. The zero-order chi connectivity index (χ0) is 17.8. The predicted octanol–water partition coefficient (Wildman–Crippen LogP) is 2.86. The van der Waals surface area contributed by atoms with Gasteiger partial charge in [-0.05, 0) is 30.3 Å². The minimum atomic E-state index is -0.256. The van der Waals surface area contributed by atoms with E-state index in [-0.39, 0.29) is 18.4 Å². The smallest absolute Gasteiger partial charge is 0.265 e. The summed E-state index contributed by atoms with van der Waals surface area (Å²) in [4.78, 5) is 25.9. The summed E-state index contributed by atoms with van der Waals surface area (Å²) < 4.78 is 10.6. The van der Waals surface area contributed by atoms with Crippen molar-refractivity contribution in [3.05, 3.63) is 60.7 Å². The molecule has 0 unspecified atom stereocenters.